The highest BCUT2D eigenvalue weighted by Gasteiger charge is 2.11. The molecule has 2 aromatic carbocycles. The fourth-order valence-corrected chi connectivity index (χ4v) is 3.50. The van der Waals surface area contributed by atoms with Gasteiger partial charge in [-0.05, 0) is 71.0 Å². The molecule has 24 heavy (non-hydrogen) atoms. The zero-order chi connectivity index (χ0) is 16.9. The van der Waals surface area contributed by atoms with Crippen LogP contribution in [-0.4, -0.2) is 37.0 Å². The molecule has 5 heteroatoms. The largest absolute Gasteiger partial charge is 0.322 e. The van der Waals surface area contributed by atoms with Crippen LogP contribution in [0.5, 0.6) is 0 Å². The predicted octanol–water partition coefficient (Wildman–Crippen LogP) is 3.26. The molecule has 1 saturated heterocycles. The van der Waals surface area contributed by atoms with Gasteiger partial charge in [-0.1, -0.05) is 12.1 Å². The Labute approximate surface area is 156 Å². The summed E-state index contributed by atoms with van der Waals surface area (Å²) in [6.45, 7) is 7.21. The minimum absolute atomic E-state index is 0.0620. The topological polar surface area (TPSA) is 44.4 Å². The van der Waals surface area contributed by atoms with Crippen molar-refractivity contribution in [1.29, 1.82) is 0 Å². The quantitative estimate of drug-likeness (QED) is 0.725. The number of rotatable bonds is 4. The normalized spacial score (nSPS) is 15.2. The van der Waals surface area contributed by atoms with Gasteiger partial charge in [0.05, 0.1) is 0 Å². The first-order chi connectivity index (χ1) is 11.6. The third-order valence-corrected chi connectivity index (χ3v) is 4.94. The van der Waals surface area contributed by atoms with Crippen LogP contribution in [0.25, 0.3) is 0 Å². The van der Waals surface area contributed by atoms with Crippen molar-refractivity contribution in [3.05, 3.63) is 62.7 Å². The van der Waals surface area contributed by atoms with Crippen LogP contribution in [0.4, 0.5) is 5.69 Å². The SMILES string of the molecule is Cc1cc(I)ccc1NC(=O)c1ccc(CN2CCNCC2)cc1. The molecule has 0 aromatic heterocycles. The summed E-state index contributed by atoms with van der Waals surface area (Å²) in [5.74, 6) is -0.0620. The van der Waals surface area contributed by atoms with Gasteiger partial charge in [0.15, 0.2) is 0 Å². The summed E-state index contributed by atoms with van der Waals surface area (Å²) >= 11 is 2.27. The summed E-state index contributed by atoms with van der Waals surface area (Å²) < 4.78 is 1.17. The molecule has 0 spiro atoms. The van der Waals surface area contributed by atoms with Crippen LogP contribution in [-0.2, 0) is 6.54 Å². The minimum atomic E-state index is -0.0620. The number of aryl methyl sites for hydroxylation is 1. The van der Waals surface area contributed by atoms with E-state index in [1.54, 1.807) is 0 Å². The molecule has 2 N–H and O–H groups in total. The van der Waals surface area contributed by atoms with Crippen LogP contribution in [0.15, 0.2) is 42.5 Å². The Morgan fingerprint density at radius 2 is 1.88 bits per heavy atom. The molecule has 1 fully saturated rings. The van der Waals surface area contributed by atoms with Gasteiger partial charge in [-0.2, -0.15) is 0 Å². The second kappa shape index (κ2) is 8.09. The van der Waals surface area contributed by atoms with Gasteiger partial charge in [0.2, 0.25) is 0 Å². The summed E-state index contributed by atoms with van der Waals surface area (Å²) in [6, 6.07) is 13.9. The Bertz CT molecular complexity index is 709. The highest BCUT2D eigenvalue weighted by Crippen LogP contribution is 2.19. The molecule has 1 aliphatic heterocycles. The van der Waals surface area contributed by atoms with Crippen LogP contribution in [0.3, 0.4) is 0 Å². The lowest BCUT2D eigenvalue weighted by Crippen LogP contribution is -2.42. The van der Waals surface area contributed by atoms with Gasteiger partial charge < -0.3 is 10.6 Å². The molecule has 3 rings (SSSR count). The van der Waals surface area contributed by atoms with Gasteiger partial charge in [-0.25, -0.2) is 0 Å². The van der Waals surface area contributed by atoms with Crippen molar-refractivity contribution >= 4 is 34.2 Å². The first kappa shape index (κ1) is 17.4. The Kier molecular flexibility index (Phi) is 5.86. The van der Waals surface area contributed by atoms with Crippen molar-refractivity contribution in [3.8, 4) is 0 Å². The van der Waals surface area contributed by atoms with Crippen molar-refractivity contribution in [1.82, 2.24) is 10.2 Å². The van der Waals surface area contributed by atoms with E-state index in [0.29, 0.717) is 5.56 Å². The number of halogens is 1. The molecule has 0 unspecified atom stereocenters. The first-order valence-electron chi connectivity index (χ1n) is 8.21. The van der Waals surface area contributed by atoms with E-state index in [1.165, 1.54) is 9.13 Å². The highest BCUT2D eigenvalue weighted by atomic mass is 127. The van der Waals surface area contributed by atoms with Crippen LogP contribution < -0.4 is 10.6 Å². The van der Waals surface area contributed by atoms with E-state index in [9.17, 15) is 4.79 Å². The summed E-state index contributed by atoms with van der Waals surface area (Å²) in [4.78, 5) is 14.9. The van der Waals surface area contributed by atoms with E-state index in [4.69, 9.17) is 0 Å². The number of benzene rings is 2. The number of piperazine rings is 1. The maximum absolute atomic E-state index is 12.4. The van der Waals surface area contributed by atoms with Gasteiger partial charge in [0.25, 0.3) is 5.91 Å². The predicted molar refractivity (Wildman–Crippen MR) is 106 cm³/mol. The maximum atomic E-state index is 12.4. The summed E-state index contributed by atoms with van der Waals surface area (Å²) in [5, 5.41) is 6.35. The molecular weight excluding hydrogens is 413 g/mol. The highest BCUT2D eigenvalue weighted by molar-refractivity contribution is 14.1. The lowest BCUT2D eigenvalue weighted by atomic mass is 10.1. The number of carbonyl (C=O) groups is 1. The Morgan fingerprint density at radius 1 is 1.17 bits per heavy atom. The van der Waals surface area contributed by atoms with E-state index >= 15 is 0 Å². The minimum Gasteiger partial charge on any atom is -0.322 e. The van der Waals surface area contributed by atoms with Crippen molar-refractivity contribution in [3.63, 3.8) is 0 Å². The molecule has 0 radical (unpaired) electrons. The molecule has 0 saturated carbocycles. The van der Waals surface area contributed by atoms with E-state index in [2.05, 4.69) is 56.3 Å². The second-order valence-electron chi connectivity index (χ2n) is 6.14. The number of hydrogen-bond acceptors (Lipinski definition) is 3. The number of nitrogens with zero attached hydrogens (tertiary/aromatic N) is 1. The number of carbonyl (C=O) groups excluding carboxylic acids is 1. The third kappa shape index (κ3) is 4.55. The molecular formula is C19H22IN3O. The van der Waals surface area contributed by atoms with Gasteiger partial charge in [0, 0.05) is 47.5 Å². The smallest absolute Gasteiger partial charge is 0.255 e. The van der Waals surface area contributed by atoms with Crippen LogP contribution in [0.2, 0.25) is 0 Å². The Balaban J connectivity index is 1.62. The van der Waals surface area contributed by atoms with Gasteiger partial charge in [-0.3, -0.25) is 9.69 Å². The third-order valence-electron chi connectivity index (χ3n) is 4.27. The lowest BCUT2D eigenvalue weighted by Gasteiger charge is -2.27. The zero-order valence-corrected chi connectivity index (χ0v) is 16.0. The van der Waals surface area contributed by atoms with Crippen LogP contribution >= 0.6 is 22.6 Å². The molecule has 0 aliphatic carbocycles. The average molecular weight is 435 g/mol. The fraction of sp³-hybridized carbons (Fsp3) is 0.316. The van der Waals surface area contributed by atoms with Gasteiger partial charge in [0.1, 0.15) is 0 Å². The van der Waals surface area contributed by atoms with Crippen molar-refractivity contribution < 1.29 is 4.79 Å². The number of anilines is 1. The van der Waals surface area contributed by atoms with Crippen LogP contribution in [0.1, 0.15) is 21.5 Å². The summed E-state index contributed by atoms with van der Waals surface area (Å²) in [5.41, 5.74) is 3.88. The average Bonchev–Trinajstić information content (AvgIpc) is 2.59. The fourth-order valence-electron chi connectivity index (χ4n) is 2.85. The van der Waals surface area contributed by atoms with Crippen molar-refractivity contribution in [2.45, 2.75) is 13.5 Å². The molecule has 126 valence electrons. The van der Waals surface area contributed by atoms with E-state index in [1.807, 2.05) is 31.2 Å². The number of amides is 1. The number of hydrogen-bond donors (Lipinski definition) is 2. The van der Waals surface area contributed by atoms with E-state index < -0.39 is 0 Å². The molecule has 1 amide bonds. The Morgan fingerprint density at radius 3 is 2.54 bits per heavy atom. The van der Waals surface area contributed by atoms with Gasteiger partial charge in [-0.15, -0.1) is 0 Å². The van der Waals surface area contributed by atoms with Gasteiger partial charge >= 0.3 is 0 Å². The molecule has 1 aliphatic rings. The summed E-state index contributed by atoms with van der Waals surface area (Å²) in [6.07, 6.45) is 0. The van der Waals surface area contributed by atoms with Crippen molar-refractivity contribution in [2.75, 3.05) is 31.5 Å². The molecule has 4 nitrogen and oxygen atoms in total. The standard InChI is InChI=1S/C19H22IN3O/c1-14-12-17(20)6-7-18(14)22-19(24)16-4-2-15(3-5-16)13-23-10-8-21-9-11-23/h2-7,12,21H,8-11,13H2,1H3,(H,22,24). The molecule has 2 aromatic rings. The van der Waals surface area contributed by atoms with E-state index in [-0.39, 0.29) is 5.91 Å². The molecule has 0 bridgehead atoms. The van der Waals surface area contributed by atoms with Crippen LogP contribution in [0, 0.1) is 10.5 Å². The van der Waals surface area contributed by atoms with Crippen molar-refractivity contribution in [2.24, 2.45) is 0 Å². The molecule has 1 heterocycles. The monoisotopic (exact) mass is 435 g/mol. The Hall–Kier alpha value is -1.44. The molecule has 0 atom stereocenters. The second-order valence-corrected chi connectivity index (χ2v) is 7.38. The number of nitrogens with one attached hydrogen (secondary N) is 2. The zero-order valence-electron chi connectivity index (χ0n) is 13.8. The summed E-state index contributed by atoms with van der Waals surface area (Å²) in [7, 11) is 0. The lowest BCUT2D eigenvalue weighted by molar-refractivity contribution is 0.102. The first-order valence-corrected chi connectivity index (χ1v) is 9.29. The van der Waals surface area contributed by atoms with E-state index in [0.717, 1.165) is 44.0 Å². The maximum Gasteiger partial charge on any atom is 0.255 e.